The molecule has 0 bridgehead atoms. The lowest BCUT2D eigenvalue weighted by Crippen LogP contribution is -2.31. The van der Waals surface area contributed by atoms with E-state index in [1.54, 1.807) is 0 Å². The molecule has 0 unspecified atom stereocenters. The molecule has 51 heavy (non-hydrogen) atoms. The zero-order valence-corrected chi connectivity index (χ0v) is 28.5. The molecule has 238 valence electrons. The molecule has 2 heteroatoms. The van der Waals surface area contributed by atoms with Gasteiger partial charge in [-0.2, -0.15) is 0 Å². The monoisotopic (exact) mass is 665 g/mol. The lowest BCUT2D eigenvalue weighted by molar-refractivity contribution is 0.722. The minimum absolute atomic E-state index is 0.459. The van der Waals surface area contributed by atoms with E-state index in [1.807, 2.05) is 11.8 Å². The van der Waals surface area contributed by atoms with E-state index >= 15 is 0 Å². The molecule has 0 saturated heterocycles. The summed E-state index contributed by atoms with van der Waals surface area (Å²) in [5.74, 6) is 0. The van der Waals surface area contributed by atoms with Crippen LogP contribution >= 0.6 is 11.8 Å². The third kappa shape index (κ3) is 3.83. The van der Waals surface area contributed by atoms with Crippen LogP contribution in [0.3, 0.4) is 0 Å². The minimum Gasteiger partial charge on any atom is -0.398 e. The predicted octanol–water partition coefficient (Wildman–Crippen LogP) is 12.9. The second-order valence-electron chi connectivity index (χ2n) is 13.7. The highest BCUT2D eigenvalue weighted by molar-refractivity contribution is 7.99. The zero-order valence-electron chi connectivity index (χ0n) is 27.7. The largest absolute Gasteiger partial charge is 0.398 e. The van der Waals surface area contributed by atoms with E-state index in [2.05, 4.69) is 176 Å². The Morgan fingerprint density at radius 1 is 0.373 bits per heavy atom. The number of nitrogens with two attached hydrogens (primary N) is 1. The summed E-state index contributed by atoms with van der Waals surface area (Å²) in [4.78, 5) is 2.59. The van der Waals surface area contributed by atoms with E-state index in [-0.39, 0.29) is 0 Å². The van der Waals surface area contributed by atoms with Crippen molar-refractivity contribution in [3.05, 3.63) is 198 Å². The topological polar surface area (TPSA) is 26.0 Å². The highest BCUT2D eigenvalue weighted by Gasteiger charge is 2.50. The van der Waals surface area contributed by atoms with E-state index in [0.717, 1.165) is 11.3 Å². The molecule has 2 aliphatic rings. The Hall–Kier alpha value is -6.09. The zero-order chi connectivity index (χ0) is 33.7. The van der Waals surface area contributed by atoms with Gasteiger partial charge in [-0.3, -0.25) is 0 Å². The summed E-state index contributed by atoms with van der Waals surface area (Å²) in [5, 5.41) is 7.53. The molecule has 1 nitrogen and oxygen atoms in total. The summed E-state index contributed by atoms with van der Waals surface area (Å²) < 4.78 is 0. The molecule has 1 heterocycles. The molecule has 1 aliphatic heterocycles. The van der Waals surface area contributed by atoms with Gasteiger partial charge in [-0.05, 0) is 107 Å². The fourth-order valence-electron chi connectivity index (χ4n) is 9.31. The molecular formula is C49H31NS. The Balaban J connectivity index is 1.24. The van der Waals surface area contributed by atoms with E-state index in [9.17, 15) is 0 Å². The Labute approximate surface area is 301 Å². The maximum atomic E-state index is 7.01. The molecule has 0 radical (unpaired) electrons. The van der Waals surface area contributed by atoms with Crippen molar-refractivity contribution in [2.24, 2.45) is 0 Å². The van der Waals surface area contributed by atoms with Crippen molar-refractivity contribution < 1.29 is 0 Å². The first-order valence-corrected chi connectivity index (χ1v) is 18.4. The van der Waals surface area contributed by atoms with Crippen LogP contribution in [0.5, 0.6) is 0 Å². The van der Waals surface area contributed by atoms with Crippen LogP contribution in [0.25, 0.3) is 65.7 Å². The van der Waals surface area contributed by atoms with Gasteiger partial charge in [-0.1, -0.05) is 163 Å². The first-order valence-electron chi connectivity index (χ1n) is 17.6. The van der Waals surface area contributed by atoms with Gasteiger partial charge in [-0.15, -0.1) is 0 Å². The van der Waals surface area contributed by atoms with Gasteiger partial charge in [0.25, 0.3) is 0 Å². The highest BCUT2D eigenvalue weighted by Crippen LogP contribution is 2.63. The summed E-state index contributed by atoms with van der Waals surface area (Å²) >= 11 is 1.87. The molecule has 11 rings (SSSR count). The van der Waals surface area contributed by atoms with Crippen LogP contribution in [0.4, 0.5) is 5.69 Å². The number of fused-ring (bicyclic) bond motifs is 12. The molecule has 9 aromatic rings. The van der Waals surface area contributed by atoms with Gasteiger partial charge in [0.2, 0.25) is 0 Å². The smallest absolute Gasteiger partial charge is 0.0736 e. The Morgan fingerprint density at radius 3 is 1.59 bits per heavy atom. The number of hydrogen-bond acceptors (Lipinski definition) is 2. The fourth-order valence-corrected chi connectivity index (χ4v) is 10.5. The first kappa shape index (κ1) is 28.7. The molecule has 0 saturated carbocycles. The van der Waals surface area contributed by atoms with Gasteiger partial charge in [0.1, 0.15) is 0 Å². The van der Waals surface area contributed by atoms with Crippen molar-refractivity contribution in [1.82, 2.24) is 0 Å². The summed E-state index contributed by atoms with van der Waals surface area (Å²) in [6, 6.07) is 64.9. The van der Waals surface area contributed by atoms with Crippen molar-refractivity contribution in [2.45, 2.75) is 15.2 Å². The quantitative estimate of drug-likeness (QED) is 0.147. The average Bonchev–Trinajstić information content (AvgIpc) is 3.47. The predicted molar refractivity (Wildman–Crippen MR) is 216 cm³/mol. The Bertz CT molecular complexity index is 2810. The van der Waals surface area contributed by atoms with Crippen molar-refractivity contribution in [2.75, 3.05) is 5.73 Å². The summed E-state index contributed by atoms with van der Waals surface area (Å²) in [6.07, 6.45) is 0. The highest BCUT2D eigenvalue weighted by atomic mass is 32.2. The summed E-state index contributed by atoms with van der Waals surface area (Å²) in [6.45, 7) is 0. The van der Waals surface area contributed by atoms with Crippen LogP contribution < -0.4 is 5.73 Å². The number of benzene rings is 9. The minimum atomic E-state index is -0.459. The van der Waals surface area contributed by atoms with Crippen molar-refractivity contribution in [3.63, 3.8) is 0 Å². The van der Waals surface area contributed by atoms with Gasteiger partial charge in [-0.25, -0.2) is 0 Å². The Morgan fingerprint density at radius 2 is 0.902 bits per heavy atom. The molecule has 1 spiro atoms. The third-order valence-electron chi connectivity index (χ3n) is 11.3. The van der Waals surface area contributed by atoms with E-state index < -0.39 is 5.41 Å². The lowest BCUT2D eigenvalue weighted by atomic mass is 9.67. The SMILES string of the molecule is Nc1cccc2c1-c1cc(-c3c4ccccc4c(-c4cccc5ccccc45)c4ccccc34)ccc1C21c2ccccc2Sc2ccccc21. The van der Waals surface area contributed by atoms with Crippen molar-refractivity contribution in [1.29, 1.82) is 0 Å². The van der Waals surface area contributed by atoms with Crippen LogP contribution in [0, 0.1) is 0 Å². The maximum absolute atomic E-state index is 7.01. The molecule has 0 atom stereocenters. The van der Waals surface area contributed by atoms with Crippen molar-refractivity contribution >= 4 is 49.8 Å². The second-order valence-corrected chi connectivity index (χ2v) is 14.8. The summed E-state index contributed by atoms with van der Waals surface area (Å²) in [5.41, 5.74) is 19.9. The average molecular weight is 666 g/mol. The van der Waals surface area contributed by atoms with Gasteiger partial charge >= 0.3 is 0 Å². The number of hydrogen-bond donors (Lipinski definition) is 1. The van der Waals surface area contributed by atoms with Crippen LogP contribution in [-0.4, -0.2) is 0 Å². The summed E-state index contributed by atoms with van der Waals surface area (Å²) in [7, 11) is 0. The van der Waals surface area contributed by atoms with Gasteiger partial charge in [0.05, 0.1) is 5.41 Å². The molecule has 0 aromatic heterocycles. The van der Waals surface area contributed by atoms with Crippen LogP contribution in [-0.2, 0) is 5.41 Å². The van der Waals surface area contributed by atoms with Crippen LogP contribution in [0.2, 0.25) is 0 Å². The standard InChI is InChI=1S/C49H31NS/c50-43-24-12-23-42-48(43)38-29-31(27-28-39(38)49(42)40-21-7-9-25-44(40)51-45-26-10-8-22-41(45)49)46-34-16-3-5-18-36(34)47(37-19-6-4-17-35(37)46)33-20-11-14-30-13-1-2-15-32(30)33/h1-29H,50H2. The third-order valence-corrected chi connectivity index (χ3v) is 12.4. The van der Waals surface area contributed by atoms with Gasteiger partial charge < -0.3 is 5.73 Å². The lowest BCUT2D eigenvalue weighted by Gasteiger charge is -2.39. The van der Waals surface area contributed by atoms with E-state index in [4.69, 9.17) is 5.73 Å². The van der Waals surface area contributed by atoms with Gasteiger partial charge in [0.15, 0.2) is 0 Å². The van der Waals surface area contributed by atoms with Crippen molar-refractivity contribution in [3.8, 4) is 33.4 Å². The van der Waals surface area contributed by atoms with Gasteiger partial charge in [0, 0.05) is 21.0 Å². The number of rotatable bonds is 2. The molecule has 0 fully saturated rings. The maximum Gasteiger partial charge on any atom is 0.0736 e. The van der Waals surface area contributed by atoms with Crippen LogP contribution in [0.15, 0.2) is 186 Å². The molecular weight excluding hydrogens is 635 g/mol. The molecule has 9 aromatic carbocycles. The molecule has 0 amide bonds. The normalized spacial score (nSPS) is 13.6. The number of anilines is 1. The Kier molecular flexibility index (Phi) is 6.03. The van der Waals surface area contributed by atoms with E-state index in [1.165, 1.54) is 92.2 Å². The second kappa shape index (κ2) is 10.7. The fraction of sp³-hybridized carbons (Fsp3) is 0.0204. The van der Waals surface area contributed by atoms with E-state index in [0.29, 0.717) is 0 Å². The van der Waals surface area contributed by atoms with Crippen LogP contribution in [0.1, 0.15) is 22.3 Å². The molecule has 2 N–H and O–H groups in total. The number of nitrogen functional groups attached to an aromatic ring is 1. The molecule has 1 aliphatic carbocycles. The first-order chi connectivity index (χ1) is 25.2.